The van der Waals surface area contributed by atoms with Gasteiger partial charge in [0.2, 0.25) is 0 Å². The average Bonchev–Trinajstić information content (AvgIpc) is 2.77. The first-order valence-corrected chi connectivity index (χ1v) is 6.44. The number of carbonyl (C=O) groups excluding carboxylic acids is 1. The Balaban J connectivity index is 2.16. The molecule has 1 unspecified atom stereocenters. The van der Waals surface area contributed by atoms with Crippen molar-refractivity contribution in [2.45, 2.75) is 26.2 Å². The lowest BCUT2D eigenvalue weighted by Gasteiger charge is -2.12. The van der Waals surface area contributed by atoms with Crippen molar-refractivity contribution in [3.63, 3.8) is 0 Å². The Morgan fingerprint density at radius 3 is 3.00 bits per heavy atom. The van der Waals surface area contributed by atoms with Gasteiger partial charge in [-0.2, -0.15) is 0 Å². The molecule has 19 heavy (non-hydrogen) atoms. The number of aromatic amines is 1. The third-order valence-corrected chi connectivity index (χ3v) is 3.86. The molecule has 2 aromatic rings. The van der Waals surface area contributed by atoms with Crippen LogP contribution < -0.4 is 5.11 Å². The highest BCUT2D eigenvalue weighted by Crippen LogP contribution is 2.28. The second kappa shape index (κ2) is 4.23. The van der Waals surface area contributed by atoms with Gasteiger partial charge in [0.15, 0.2) is 0 Å². The number of hydrogen-bond acceptors (Lipinski definition) is 3. The Kier molecular flexibility index (Phi) is 2.66. The molecule has 0 aliphatic carbocycles. The van der Waals surface area contributed by atoms with Crippen molar-refractivity contribution in [2.24, 2.45) is 4.99 Å². The number of carboxylic acids is 1. The average molecular weight is 255 g/mol. The maximum atomic E-state index is 10.9. The Morgan fingerprint density at radius 1 is 1.47 bits per heavy atom. The maximum Gasteiger partial charge on any atom is 0.0635 e. The number of nitrogens with zero attached hydrogens (tertiary/aromatic N) is 1. The van der Waals surface area contributed by atoms with Crippen LogP contribution in [0, 0.1) is 0 Å². The fourth-order valence-electron chi connectivity index (χ4n) is 2.66. The van der Waals surface area contributed by atoms with Gasteiger partial charge in [-0.25, -0.2) is 0 Å². The highest BCUT2D eigenvalue weighted by atomic mass is 16.4. The Morgan fingerprint density at radius 2 is 2.26 bits per heavy atom. The number of carbonyl (C=O) groups is 1. The van der Waals surface area contributed by atoms with Crippen molar-refractivity contribution in [3.05, 3.63) is 35.0 Å². The lowest BCUT2D eigenvalue weighted by Crippen LogP contribution is -2.27. The lowest BCUT2D eigenvalue weighted by atomic mass is 9.98. The third kappa shape index (κ3) is 1.84. The van der Waals surface area contributed by atoms with E-state index in [9.17, 15) is 9.90 Å². The van der Waals surface area contributed by atoms with Gasteiger partial charge in [-0.05, 0) is 30.5 Å². The van der Waals surface area contributed by atoms with Gasteiger partial charge in [0, 0.05) is 29.3 Å². The number of aliphatic imine (C=N–C) groups is 1. The summed E-state index contributed by atoms with van der Waals surface area (Å²) < 4.78 is 0. The summed E-state index contributed by atoms with van der Waals surface area (Å²) in [5.74, 6) is -1.65. The summed E-state index contributed by atoms with van der Waals surface area (Å²) in [5.41, 5.74) is 5.13. The molecule has 1 aliphatic rings. The van der Waals surface area contributed by atoms with Gasteiger partial charge in [-0.1, -0.05) is 19.1 Å². The summed E-state index contributed by atoms with van der Waals surface area (Å²) in [4.78, 5) is 18.7. The highest BCUT2D eigenvalue weighted by molar-refractivity contribution is 6.05. The lowest BCUT2D eigenvalue weighted by molar-refractivity contribution is -0.307. The molecule has 1 aromatic carbocycles. The summed E-state index contributed by atoms with van der Waals surface area (Å²) in [7, 11) is 0. The summed E-state index contributed by atoms with van der Waals surface area (Å²) in [5, 5.41) is 12.1. The zero-order valence-corrected chi connectivity index (χ0v) is 11.0. The van der Waals surface area contributed by atoms with Gasteiger partial charge in [0.25, 0.3) is 0 Å². The van der Waals surface area contributed by atoms with Crippen LogP contribution in [0.1, 0.15) is 36.6 Å². The van der Waals surface area contributed by atoms with Crippen molar-refractivity contribution in [1.29, 1.82) is 0 Å². The van der Waals surface area contributed by atoms with Gasteiger partial charge >= 0.3 is 0 Å². The Hall–Kier alpha value is -2.10. The monoisotopic (exact) mass is 255 g/mol. The van der Waals surface area contributed by atoms with Crippen LogP contribution in [0.2, 0.25) is 0 Å². The summed E-state index contributed by atoms with van der Waals surface area (Å²) >= 11 is 0. The predicted octanol–water partition coefficient (Wildman–Crippen LogP) is 1.39. The Labute approximate surface area is 111 Å². The maximum absolute atomic E-state index is 10.9. The molecule has 0 radical (unpaired) electrons. The molecule has 98 valence electrons. The molecule has 1 N–H and O–H groups in total. The van der Waals surface area contributed by atoms with E-state index in [1.54, 1.807) is 6.92 Å². The van der Waals surface area contributed by atoms with E-state index in [1.807, 2.05) is 25.1 Å². The zero-order chi connectivity index (χ0) is 13.6. The molecule has 1 aromatic heterocycles. The fraction of sp³-hybridized carbons (Fsp3) is 0.333. The van der Waals surface area contributed by atoms with E-state index in [2.05, 4.69) is 9.98 Å². The van der Waals surface area contributed by atoms with Crippen LogP contribution in [0.15, 0.2) is 23.2 Å². The quantitative estimate of drug-likeness (QED) is 0.881. The van der Waals surface area contributed by atoms with Crippen LogP contribution in [0.5, 0.6) is 0 Å². The number of fused-ring (bicyclic) bond motifs is 3. The number of aliphatic carboxylic acids is 1. The first-order valence-electron chi connectivity index (χ1n) is 6.44. The number of hydrogen-bond donors (Lipinski definition) is 1. The SMILES string of the molecule is CC1=NCCc2c1[nH]c1cc(C(C)C(=O)[O-])ccc21. The standard InChI is InChI=1S/C15H16N2O2/c1-8(15(18)19)10-3-4-11-12-5-6-16-9(2)14(12)17-13(11)7-10/h3-4,7-8,17H,5-6H2,1-2H3,(H,18,19)/p-1. The van der Waals surface area contributed by atoms with Crippen molar-refractivity contribution in [1.82, 2.24) is 4.98 Å². The van der Waals surface area contributed by atoms with Crippen LogP contribution in [0.4, 0.5) is 0 Å². The smallest absolute Gasteiger partial charge is 0.0635 e. The molecule has 4 heteroatoms. The van der Waals surface area contributed by atoms with Gasteiger partial charge in [0.05, 0.1) is 11.4 Å². The van der Waals surface area contributed by atoms with Gasteiger partial charge in [-0.15, -0.1) is 0 Å². The topological polar surface area (TPSA) is 68.3 Å². The van der Waals surface area contributed by atoms with Crippen LogP contribution in [0.3, 0.4) is 0 Å². The van der Waals surface area contributed by atoms with E-state index in [1.165, 1.54) is 10.9 Å². The molecule has 4 nitrogen and oxygen atoms in total. The first kappa shape index (κ1) is 12.0. The highest BCUT2D eigenvalue weighted by Gasteiger charge is 2.17. The minimum Gasteiger partial charge on any atom is -0.550 e. The summed E-state index contributed by atoms with van der Waals surface area (Å²) in [6.07, 6.45) is 0.933. The van der Waals surface area contributed by atoms with E-state index in [0.29, 0.717) is 0 Å². The molecule has 3 rings (SSSR count). The second-order valence-electron chi connectivity index (χ2n) is 5.04. The van der Waals surface area contributed by atoms with Gasteiger partial charge in [0.1, 0.15) is 0 Å². The molecular weight excluding hydrogens is 240 g/mol. The normalized spacial score (nSPS) is 16.0. The van der Waals surface area contributed by atoms with E-state index in [-0.39, 0.29) is 0 Å². The van der Waals surface area contributed by atoms with Crippen LogP contribution >= 0.6 is 0 Å². The molecule has 1 atom stereocenters. The molecule has 0 spiro atoms. The molecule has 0 fully saturated rings. The van der Waals surface area contributed by atoms with E-state index < -0.39 is 11.9 Å². The molecular formula is C15H15N2O2-. The van der Waals surface area contributed by atoms with Gasteiger partial charge < -0.3 is 14.9 Å². The third-order valence-electron chi connectivity index (χ3n) is 3.86. The number of nitrogens with one attached hydrogen (secondary N) is 1. The van der Waals surface area contributed by atoms with Crippen LogP contribution in [0.25, 0.3) is 10.9 Å². The van der Waals surface area contributed by atoms with Crippen LogP contribution in [-0.4, -0.2) is 23.2 Å². The second-order valence-corrected chi connectivity index (χ2v) is 5.04. The van der Waals surface area contributed by atoms with Crippen molar-refractivity contribution < 1.29 is 9.90 Å². The molecule has 0 amide bonds. The fourth-order valence-corrected chi connectivity index (χ4v) is 2.66. The van der Waals surface area contributed by atoms with Gasteiger partial charge in [-0.3, -0.25) is 4.99 Å². The first-order chi connectivity index (χ1) is 9.08. The molecule has 1 aliphatic heterocycles. The van der Waals surface area contributed by atoms with Crippen LogP contribution in [-0.2, 0) is 11.2 Å². The minimum absolute atomic E-state index is 0.598. The number of rotatable bonds is 2. The molecule has 2 heterocycles. The molecule has 0 saturated carbocycles. The Bertz CT molecular complexity index is 697. The zero-order valence-electron chi connectivity index (χ0n) is 11.0. The molecule has 0 saturated heterocycles. The largest absolute Gasteiger partial charge is 0.550 e. The molecule has 0 bridgehead atoms. The van der Waals surface area contributed by atoms with Crippen molar-refractivity contribution in [2.75, 3.05) is 6.54 Å². The van der Waals surface area contributed by atoms with Crippen molar-refractivity contribution >= 4 is 22.6 Å². The van der Waals surface area contributed by atoms with Crippen molar-refractivity contribution in [3.8, 4) is 0 Å². The summed E-state index contributed by atoms with van der Waals surface area (Å²) in [6.45, 7) is 4.47. The van der Waals surface area contributed by atoms with E-state index in [0.717, 1.165) is 35.5 Å². The minimum atomic E-state index is -1.05. The number of aromatic nitrogens is 1. The predicted molar refractivity (Wildman–Crippen MR) is 72.5 cm³/mol. The number of benzene rings is 1. The van der Waals surface area contributed by atoms with E-state index >= 15 is 0 Å². The number of carboxylic acid groups (broad SMARTS) is 1. The van der Waals surface area contributed by atoms with E-state index in [4.69, 9.17) is 0 Å². The summed E-state index contributed by atoms with van der Waals surface area (Å²) in [6, 6.07) is 5.78. The number of H-pyrrole nitrogens is 1.